The SMILES string of the molecule is O=c1nc(OCc2ccc(F)c(Cl)c2)cc2n1CC1CCCCN21. The minimum absolute atomic E-state index is 0.0502. The molecule has 1 saturated heterocycles. The minimum Gasteiger partial charge on any atom is -0.473 e. The summed E-state index contributed by atoms with van der Waals surface area (Å²) in [6.45, 7) is 1.84. The standard InChI is InChI=1S/C17H17ClFN3O2/c18-13-7-11(4-5-14(13)19)10-24-15-8-16-21-6-2-1-3-12(21)9-22(16)17(23)20-15/h4-5,7-8,12H,1-3,6,9-10H2. The summed E-state index contributed by atoms with van der Waals surface area (Å²) in [4.78, 5) is 18.5. The molecule has 3 heterocycles. The van der Waals surface area contributed by atoms with Crippen LogP contribution in [0, 0.1) is 5.82 Å². The molecule has 2 aromatic rings. The number of benzene rings is 1. The number of hydrogen-bond acceptors (Lipinski definition) is 4. The summed E-state index contributed by atoms with van der Waals surface area (Å²) in [6, 6.07) is 6.61. The second kappa shape index (κ2) is 6.09. The first-order valence-electron chi connectivity index (χ1n) is 8.07. The predicted octanol–water partition coefficient (Wildman–Crippen LogP) is 2.99. The first-order valence-corrected chi connectivity index (χ1v) is 8.45. The van der Waals surface area contributed by atoms with Crippen molar-refractivity contribution in [3.8, 4) is 5.88 Å². The third-order valence-corrected chi connectivity index (χ3v) is 4.94. The van der Waals surface area contributed by atoms with Gasteiger partial charge in [-0.05, 0) is 37.0 Å². The highest BCUT2D eigenvalue weighted by Gasteiger charge is 2.32. The molecular formula is C17H17ClFN3O2. The van der Waals surface area contributed by atoms with Gasteiger partial charge in [-0.3, -0.25) is 4.57 Å². The Bertz CT molecular complexity index is 839. The fraction of sp³-hybridized carbons (Fsp3) is 0.412. The predicted molar refractivity (Wildman–Crippen MR) is 89.2 cm³/mol. The highest BCUT2D eigenvalue weighted by Crippen LogP contribution is 2.32. The van der Waals surface area contributed by atoms with Crippen LogP contribution in [0.25, 0.3) is 0 Å². The van der Waals surface area contributed by atoms with Gasteiger partial charge in [0.25, 0.3) is 0 Å². The van der Waals surface area contributed by atoms with E-state index in [0.29, 0.717) is 12.6 Å². The van der Waals surface area contributed by atoms with Crippen molar-refractivity contribution in [2.24, 2.45) is 0 Å². The van der Waals surface area contributed by atoms with Crippen LogP contribution in [0.3, 0.4) is 0 Å². The zero-order valence-electron chi connectivity index (χ0n) is 13.0. The van der Waals surface area contributed by atoms with Crippen LogP contribution in [-0.2, 0) is 13.2 Å². The molecule has 1 fully saturated rings. The first-order chi connectivity index (χ1) is 11.6. The zero-order chi connectivity index (χ0) is 16.7. The molecule has 7 heteroatoms. The van der Waals surface area contributed by atoms with Crippen molar-refractivity contribution in [1.82, 2.24) is 9.55 Å². The van der Waals surface area contributed by atoms with Crippen LogP contribution in [0.4, 0.5) is 10.2 Å². The molecule has 24 heavy (non-hydrogen) atoms. The number of rotatable bonds is 3. The third-order valence-electron chi connectivity index (χ3n) is 4.65. The largest absolute Gasteiger partial charge is 0.473 e. The Kier molecular flexibility index (Phi) is 3.92. The van der Waals surface area contributed by atoms with Gasteiger partial charge in [-0.1, -0.05) is 17.7 Å². The number of halogens is 2. The van der Waals surface area contributed by atoms with Crippen molar-refractivity contribution < 1.29 is 9.13 Å². The van der Waals surface area contributed by atoms with Gasteiger partial charge in [-0.2, -0.15) is 4.98 Å². The second-order valence-corrected chi connectivity index (χ2v) is 6.63. The molecule has 2 aliphatic rings. The lowest BCUT2D eigenvalue weighted by Gasteiger charge is -2.30. The second-order valence-electron chi connectivity index (χ2n) is 6.23. The monoisotopic (exact) mass is 349 g/mol. The molecule has 1 aromatic carbocycles. The van der Waals surface area contributed by atoms with Crippen LogP contribution in [0.15, 0.2) is 29.1 Å². The van der Waals surface area contributed by atoms with Gasteiger partial charge in [-0.25, -0.2) is 9.18 Å². The smallest absolute Gasteiger partial charge is 0.352 e. The van der Waals surface area contributed by atoms with Crippen molar-refractivity contribution >= 4 is 17.4 Å². The fourth-order valence-corrected chi connectivity index (χ4v) is 3.65. The van der Waals surface area contributed by atoms with Gasteiger partial charge in [0.05, 0.1) is 5.02 Å². The molecule has 126 valence electrons. The summed E-state index contributed by atoms with van der Waals surface area (Å²) in [7, 11) is 0. The van der Waals surface area contributed by atoms with Crippen LogP contribution in [0.1, 0.15) is 24.8 Å². The van der Waals surface area contributed by atoms with E-state index in [4.69, 9.17) is 16.3 Å². The molecule has 4 rings (SSSR count). The lowest BCUT2D eigenvalue weighted by atomic mass is 10.0. The maximum absolute atomic E-state index is 13.2. The Labute approximate surface area is 143 Å². The summed E-state index contributed by atoms with van der Waals surface area (Å²) < 4.78 is 20.5. The average Bonchev–Trinajstić information content (AvgIpc) is 2.95. The van der Waals surface area contributed by atoms with E-state index < -0.39 is 5.82 Å². The van der Waals surface area contributed by atoms with Crippen LogP contribution in [0.2, 0.25) is 5.02 Å². The molecule has 0 radical (unpaired) electrons. The Morgan fingerprint density at radius 1 is 1.33 bits per heavy atom. The van der Waals surface area contributed by atoms with E-state index in [0.717, 1.165) is 30.8 Å². The van der Waals surface area contributed by atoms with Crippen molar-refractivity contribution in [2.75, 3.05) is 11.4 Å². The summed E-state index contributed by atoms with van der Waals surface area (Å²) in [5, 5.41) is 0.0502. The first kappa shape index (κ1) is 15.4. The van der Waals surface area contributed by atoms with E-state index in [2.05, 4.69) is 9.88 Å². The summed E-state index contributed by atoms with van der Waals surface area (Å²) in [5.74, 6) is 0.704. The Morgan fingerprint density at radius 3 is 3.04 bits per heavy atom. The maximum Gasteiger partial charge on any atom is 0.352 e. The Balaban J connectivity index is 1.56. The number of aromatic nitrogens is 2. The average molecular weight is 350 g/mol. The molecule has 5 nitrogen and oxygen atoms in total. The van der Waals surface area contributed by atoms with E-state index >= 15 is 0 Å². The van der Waals surface area contributed by atoms with Crippen molar-refractivity contribution in [2.45, 2.75) is 38.5 Å². The van der Waals surface area contributed by atoms with Crippen LogP contribution in [0.5, 0.6) is 5.88 Å². The lowest BCUT2D eigenvalue weighted by Crippen LogP contribution is -2.36. The van der Waals surface area contributed by atoms with Gasteiger partial charge in [0.15, 0.2) is 0 Å². The van der Waals surface area contributed by atoms with Crippen molar-refractivity contribution in [3.63, 3.8) is 0 Å². The van der Waals surface area contributed by atoms with Gasteiger partial charge in [0, 0.05) is 25.2 Å². The summed E-state index contributed by atoms with van der Waals surface area (Å²) in [6.07, 6.45) is 3.44. The van der Waals surface area contributed by atoms with Gasteiger partial charge in [0.1, 0.15) is 18.2 Å². The normalized spacial score (nSPS) is 19.1. The Morgan fingerprint density at radius 2 is 2.21 bits per heavy atom. The van der Waals surface area contributed by atoms with E-state index in [1.165, 1.54) is 18.6 Å². The number of ether oxygens (including phenoxy) is 1. The highest BCUT2D eigenvalue weighted by atomic mass is 35.5. The molecular weight excluding hydrogens is 333 g/mol. The molecule has 0 spiro atoms. The quantitative estimate of drug-likeness (QED) is 0.854. The van der Waals surface area contributed by atoms with Crippen molar-refractivity contribution in [1.29, 1.82) is 0 Å². The van der Waals surface area contributed by atoms with Crippen LogP contribution in [-0.4, -0.2) is 22.1 Å². The zero-order valence-corrected chi connectivity index (χ0v) is 13.8. The maximum atomic E-state index is 13.2. The molecule has 0 bridgehead atoms. The van der Waals surface area contributed by atoms with Crippen LogP contribution >= 0.6 is 11.6 Å². The number of nitrogens with zero attached hydrogens (tertiary/aromatic N) is 3. The van der Waals surface area contributed by atoms with Gasteiger partial charge >= 0.3 is 5.69 Å². The molecule has 0 saturated carbocycles. The topological polar surface area (TPSA) is 47.4 Å². The lowest BCUT2D eigenvalue weighted by molar-refractivity contribution is 0.291. The Hall–Kier alpha value is -2.08. The molecule has 0 aliphatic carbocycles. The molecule has 0 amide bonds. The summed E-state index contributed by atoms with van der Waals surface area (Å²) >= 11 is 5.77. The molecule has 1 unspecified atom stereocenters. The van der Waals surface area contributed by atoms with E-state index in [1.54, 1.807) is 10.6 Å². The van der Waals surface area contributed by atoms with Gasteiger partial charge in [-0.15, -0.1) is 0 Å². The number of hydrogen-bond donors (Lipinski definition) is 0. The van der Waals surface area contributed by atoms with E-state index in [9.17, 15) is 9.18 Å². The molecule has 1 atom stereocenters. The van der Waals surface area contributed by atoms with E-state index in [-0.39, 0.29) is 23.2 Å². The molecule has 2 aliphatic heterocycles. The van der Waals surface area contributed by atoms with Gasteiger partial charge < -0.3 is 9.64 Å². The number of fused-ring (bicyclic) bond motifs is 3. The number of piperidine rings is 1. The number of anilines is 1. The van der Waals surface area contributed by atoms with Gasteiger partial charge in [0.2, 0.25) is 5.88 Å². The molecule has 0 N–H and O–H groups in total. The minimum atomic E-state index is -0.467. The summed E-state index contributed by atoms with van der Waals surface area (Å²) in [5.41, 5.74) is 0.439. The third kappa shape index (κ3) is 2.75. The highest BCUT2D eigenvalue weighted by molar-refractivity contribution is 6.30. The molecule has 1 aromatic heterocycles. The van der Waals surface area contributed by atoms with Crippen LogP contribution < -0.4 is 15.3 Å². The van der Waals surface area contributed by atoms with Crippen molar-refractivity contribution in [3.05, 3.63) is 51.2 Å². The van der Waals surface area contributed by atoms with E-state index in [1.807, 2.05) is 6.07 Å². The fourth-order valence-electron chi connectivity index (χ4n) is 3.45.